The van der Waals surface area contributed by atoms with Gasteiger partial charge in [-0.3, -0.25) is 4.90 Å². The van der Waals surface area contributed by atoms with Crippen LogP contribution in [-0.2, 0) is 6.54 Å². The molecule has 1 aliphatic heterocycles. The third-order valence-electron chi connectivity index (χ3n) is 2.87. The van der Waals surface area contributed by atoms with Gasteiger partial charge in [0.2, 0.25) is 0 Å². The summed E-state index contributed by atoms with van der Waals surface area (Å²) in [5.41, 5.74) is 0.469. The summed E-state index contributed by atoms with van der Waals surface area (Å²) in [6, 6.07) is 4.39. The van der Waals surface area contributed by atoms with Gasteiger partial charge >= 0.3 is 0 Å². The summed E-state index contributed by atoms with van der Waals surface area (Å²) in [5.74, 6) is -1.44. The van der Waals surface area contributed by atoms with Gasteiger partial charge in [-0.2, -0.15) is 0 Å². The highest BCUT2D eigenvalue weighted by molar-refractivity contribution is 5.18. The Kier molecular flexibility index (Phi) is 3.31. The third-order valence-corrected chi connectivity index (χ3v) is 2.87. The van der Waals surface area contributed by atoms with Crippen molar-refractivity contribution in [1.82, 2.24) is 4.90 Å². The van der Waals surface area contributed by atoms with E-state index in [-0.39, 0.29) is 0 Å². The van der Waals surface area contributed by atoms with E-state index in [1.54, 1.807) is 12.1 Å². The Balaban J connectivity index is 2.06. The van der Waals surface area contributed by atoms with E-state index in [4.69, 9.17) is 0 Å². The lowest BCUT2D eigenvalue weighted by Gasteiger charge is -2.26. The monoisotopic (exact) mass is 211 g/mol. The highest BCUT2D eigenvalue weighted by Crippen LogP contribution is 2.16. The second-order valence-electron chi connectivity index (χ2n) is 4.05. The minimum atomic E-state index is -0.746. The van der Waals surface area contributed by atoms with Crippen LogP contribution in [0.15, 0.2) is 18.2 Å². The van der Waals surface area contributed by atoms with Crippen molar-refractivity contribution in [1.29, 1.82) is 0 Å². The molecular weight excluding hydrogens is 196 g/mol. The summed E-state index contributed by atoms with van der Waals surface area (Å²) >= 11 is 0. The lowest BCUT2D eigenvalue weighted by atomic mass is 10.1. The Labute approximate surface area is 88.7 Å². The topological polar surface area (TPSA) is 3.24 Å². The minimum absolute atomic E-state index is 0.469. The second-order valence-corrected chi connectivity index (χ2v) is 4.05. The van der Waals surface area contributed by atoms with Crippen LogP contribution in [-0.4, -0.2) is 18.0 Å². The average Bonchev–Trinajstić information content (AvgIpc) is 2.26. The highest BCUT2D eigenvalue weighted by atomic mass is 19.2. The van der Waals surface area contributed by atoms with Crippen molar-refractivity contribution in [2.75, 3.05) is 13.1 Å². The van der Waals surface area contributed by atoms with Crippen molar-refractivity contribution < 1.29 is 8.78 Å². The molecule has 0 aliphatic carbocycles. The number of hydrogen-bond acceptors (Lipinski definition) is 1. The van der Waals surface area contributed by atoms with E-state index < -0.39 is 11.6 Å². The van der Waals surface area contributed by atoms with E-state index in [9.17, 15) is 8.78 Å². The van der Waals surface area contributed by atoms with Crippen LogP contribution in [0.25, 0.3) is 0 Å². The molecule has 1 aromatic carbocycles. The molecular formula is C12H15F2N. The van der Waals surface area contributed by atoms with Gasteiger partial charge in [0.25, 0.3) is 0 Å². The quantitative estimate of drug-likeness (QED) is 0.727. The Bertz CT molecular complexity index is 332. The van der Waals surface area contributed by atoms with Crippen LogP contribution in [0, 0.1) is 11.6 Å². The Morgan fingerprint density at radius 3 is 2.53 bits per heavy atom. The van der Waals surface area contributed by atoms with E-state index in [1.807, 2.05) is 0 Å². The van der Waals surface area contributed by atoms with Gasteiger partial charge in [-0.15, -0.1) is 0 Å². The van der Waals surface area contributed by atoms with E-state index in [1.165, 1.54) is 6.42 Å². The highest BCUT2D eigenvalue weighted by Gasteiger charge is 2.14. The maximum atomic E-state index is 13.4. The van der Waals surface area contributed by atoms with E-state index in [0.717, 1.165) is 32.0 Å². The second kappa shape index (κ2) is 4.71. The largest absolute Gasteiger partial charge is 0.299 e. The van der Waals surface area contributed by atoms with Gasteiger partial charge in [-0.1, -0.05) is 18.6 Å². The summed E-state index contributed by atoms with van der Waals surface area (Å²) in [4.78, 5) is 2.18. The lowest BCUT2D eigenvalue weighted by Crippen LogP contribution is -2.29. The summed E-state index contributed by atoms with van der Waals surface area (Å²) in [6.07, 6.45) is 3.58. The smallest absolute Gasteiger partial charge is 0.163 e. The summed E-state index contributed by atoms with van der Waals surface area (Å²) < 4.78 is 26.3. The van der Waals surface area contributed by atoms with Gasteiger partial charge in [-0.05, 0) is 32.0 Å². The molecule has 0 radical (unpaired) electrons. The SMILES string of the molecule is Fc1cccc(CN2CCCCC2)c1F. The summed E-state index contributed by atoms with van der Waals surface area (Å²) in [5, 5.41) is 0. The number of nitrogens with zero attached hydrogens (tertiary/aromatic N) is 1. The molecule has 0 unspecified atom stereocenters. The fraction of sp³-hybridized carbons (Fsp3) is 0.500. The first-order chi connectivity index (χ1) is 7.27. The Morgan fingerprint density at radius 1 is 1.07 bits per heavy atom. The van der Waals surface area contributed by atoms with E-state index >= 15 is 0 Å². The van der Waals surface area contributed by atoms with Crippen LogP contribution in [0.4, 0.5) is 8.78 Å². The van der Waals surface area contributed by atoms with E-state index in [2.05, 4.69) is 4.90 Å². The van der Waals surface area contributed by atoms with Crippen molar-refractivity contribution in [3.05, 3.63) is 35.4 Å². The zero-order valence-electron chi connectivity index (χ0n) is 8.68. The minimum Gasteiger partial charge on any atom is -0.299 e. The molecule has 2 rings (SSSR count). The molecule has 0 aromatic heterocycles. The first-order valence-electron chi connectivity index (χ1n) is 5.42. The summed E-state index contributed by atoms with van der Waals surface area (Å²) in [7, 11) is 0. The van der Waals surface area contributed by atoms with Gasteiger partial charge < -0.3 is 0 Å². The number of benzene rings is 1. The number of likely N-dealkylation sites (tertiary alicyclic amines) is 1. The van der Waals surface area contributed by atoms with Gasteiger partial charge in [0.1, 0.15) is 0 Å². The first kappa shape index (κ1) is 10.6. The van der Waals surface area contributed by atoms with Gasteiger partial charge in [0.05, 0.1) is 0 Å². The molecule has 0 N–H and O–H groups in total. The van der Waals surface area contributed by atoms with Crippen molar-refractivity contribution in [3.63, 3.8) is 0 Å². The number of hydrogen-bond donors (Lipinski definition) is 0. The van der Waals surface area contributed by atoms with Crippen LogP contribution in [0.5, 0.6) is 0 Å². The molecule has 1 aromatic rings. The number of rotatable bonds is 2. The van der Waals surface area contributed by atoms with Crippen LogP contribution in [0.3, 0.4) is 0 Å². The molecule has 3 heteroatoms. The molecule has 0 amide bonds. The fourth-order valence-corrected chi connectivity index (χ4v) is 2.03. The predicted molar refractivity (Wildman–Crippen MR) is 55.5 cm³/mol. The first-order valence-corrected chi connectivity index (χ1v) is 5.42. The van der Waals surface area contributed by atoms with Crippen LogP contribution in [0.1, 0.15) is 24.8 Å². The van der Waals surface area contributed by atoms with Gasteiger partial charge in [0, 0.05) is 12.1 Å². The maximum Gasteiger partial charge on any atom is 0.163 e. The van der Waals surface area contributed by atoms with Gasteiger partial charge in [0.15, 0.2) is 11.6 Å². The van der Waals surface area contributed by atoms with Crippen LogP contribution in [0.2, 0.25) is 0 Å². The Hall–Kier alpha value is -0.960. The molecule has 1 fully saturated rings. The molecule has 1 aliphatic rings. The molecule has 1 saturated heterocycles. The fourth-order valence-electron chi connectivity index (χ4n) is 2.03. The lowest BCUT2D eigenvalue weighted by molar-refractivity contribution is 0.217. The summed E-state index contributed by atoms with van der Waals surface area (Å²) in [6.45, 7) is 2.52. The average molecular weight is 211 g/mol. The molecule has 1 nitrogen and oxygen atoms in total. The van der Waals surface area contributed by atoms with Crippen molar-refractivity contribution in [3.8, 4) is 0 Å². The predicted octanol–water partition coefficient (Wildman–Crippen LogP) is 2.95. The molecule has 0 saturated carbocycles. The molecule has 0 atom stereocenters. The molecule has 0 spiro atoms. The maximum absolute atomic E-state index is 13.4. The van der Waals surface area contributed by atoms with Crippen molar-refractivity contribution >= 4 is 0 Å². The van der Waals surface area contributed by atoms with Crippen LogP contribution < -0.4 is 0 Å². The molecule has 15 heavy (non-hydrogen) atoms. The van der Waals surface area contributed by atoms with Crippen molar-refractivity contribution in [2.45, 2.75) is 25.8 Å². The number of halogens is 2. The zero-order valence-corrected chi connectivity index (χ0v) is 8.68. The third kappa shape index (κ3) is 2.53. The molecule has 0 bridgehead atoms. The van der Waals surface area contributed by atoms with Crippen molar-refractivity contribution in [2.24, 2.45) is 0 Å². The Morgan fingerprint density at radius 2 is 1.80 bits per heavy atom. The van der Waals surface area contributed by atoms with E-state index in [0.29, 0.717) is 12.1 Å². The van der Waals surface area contributed by atoms with Gasteiger partial charge in [-0.25, -0.2) is 8.78 Å². The normalized spacial score (nSPS) is 18.0. The standard InChI is InChI=1S/C12H15F2N/c13-11-6-4-5-10(12(11)14)9-15-7-2-1-3-8-15/h4-6H,1-3,7-9H2. The zero-order chi connectivity index (χ0) is 10.7. The molecule has 82 valence electrons. The van der Waals surface area contributed by atoms with Crippen LogP contribution >= 0.6 is 0 Å². The molecule has 1 heterocycles. The number of piperidine rings is 1.